The molecule has 1 saturated carbocycles. The normalized spacial score (nSPS) is 36.9. The minimum absolute atomic E-state index is 0.0304. The molecule has 5 rings (SSSR count). The maximum Gasteiger partial charge on any atom is 0.329 e. The number of aromatic nitrogens is 4. The Kier molecular flexibility index (Phi) is 23.4. The van der Waals surface area contributed by atoms with E-state index in [0.29, 0.717) is 56.4 Å². The maximum absolute atomic E-state index is 14.4. The van der Waals surface area contributed by atoms with Crippen molar-refractivity contribution in [3.8, 4) is 0 Å². The number of amides is 1. The van der Waals surface area contributed by atoms with Crippen molar-refractivity contribution < 1.29 is 57.9 Å². The molecular weight excluding hydrogens is 899 g/mol. The van der Waals surface area contributed by atoms with Crippen LogP contribution in [-0.2, 0) is 47.7 Å². The Bertz CT molecular complexity index is 1950. The summed E-state index contributed by atoms with van der Waals surface area (Å²) in [5.74, 6) is -7.07. The summed E-state index contributed by atoms with van der Waals surface area (Å²) in [7, 11) is 4.70. The van der Waals surface area contributed by atoms with E-state index in [4.69, 9.17) is 23.7 Å². The van der Waals surface area contributed by atoms with Gasteiger partial charge in [0.15, 0.2) is 12.1 Å². The summed E-state index contributed by atoms with van der Waals surface area (Å²) >= 11 is 0. The standard InChI is InChI=1S/C52H81NO12.CH2N4/c1-31-17-13-12-14-18-32(2)44(62-10)29-40-23-21-38(8)52(60,65-40)49(57)50(58)53-24-16-15-19-41(53)51(59)64-45(35(5)27-39-22-20-33(3)43(28-39)61-9)30-42(54)34(4)26-37(7)47(56)48(63-11)46(55)36(6)25-31;1-2-4-5-3-1/h12-14,17-18,26,31,33-36,38-41,43-45,47-48,56,60H,15-16,19-25,27-30H2,1-11H3;1H,(H,2,3,4,5)/b14-12?,17-13+,32-18?,37-26+;/t31?,33?,34-,35-,36+,38-,39+,40+,41+,43-,44+,45+,47-,48+,52-;/m1./s1. The molecular formula is C53H83N5O12. The molecule has 15 atom stereocenters. The van der Waals surface area contributed by atoms with Crippen molar-refractivity contribution in [2.45, 2.75) is 181 Å². The first-order valence-corrected chi connectivity index (χ1v) is 25.4. The van der Waals surface area contributed by atoms with E-state index < -0.39 is 77.8 Å². The van der Waals surface area contributed by atoms with Crippen LogP contribution in [0.2, 0.25) is 0 Å². The highest BCUT2D eigenvalue weighted by molar-refractivity contribution is 6.39. The molecule has 2 saturated heterocycles. The second-order valence-electron chi connectivity index (χ2n) is 20.6. The van der Waals surface area contributed by atoms with E-state index in [1.54, 1.807) is 41.1 Å². The van der Waals surface area contributed by atoms with Crippen molar-refractivity contribution in [2.75, 3.05) is 27.9 Å². The number of Topliss-reactive ketones (excluding diaryl/α,β-unsaturated/α-hetero) is 3. The van der Waals surface area contributed by atoms with Crippen LogP contribution in [0.1, 0.15) is 132 Å². The lowest BCUT2D eigenvalue weighted by Crippen LogP contribution is -2.61. The van der Waals surface area contributed by atoms with Gasteiger partial charge in [-0.05, 0) is 113 Å². The van der Waals surface area contributed by atoms with Gasteiger partial charge in [0, 0.05) is 58.5 Å². The number of ether oxygens (including phenoxy) is 5. The Morgan fingerprint density at radius 2 is 1.63 bits per heavy atom. The molecule has 0 aromatic carbocycles. The second kappa shape index (κ2) is 28.1. The van der Waals surface area contributed by atoms with Gasteiger partial charge in [0.25, 0.3) is 11.7 Å². The Hall–Kier alpha value is -4.26. The average molecular weight is 982 g/mol. The number of nitrogens with one attached hydrogen (secondary N) is 1. The zero-order valence-electron chi connectivity index (χ0n) is 43.6. The fraction of sp³-hybridized carbons (Fsp3) is 0.736. The van der Waals surface area contributed by atoms with Gasteiger partial charge in [-0.15, -0.1) is 10.2 Å². The van der Waals surface area contributed by atoms with Gasteiger partial charge in [0.05, 0.1) is 18.3 Å². The van der Waals surface area contributed by atoms with E-state index in [-0.39, 0.29) is 54.8 Å². The molecule has 4 heterocycles. The van der Waals surface area contributed by atoms with Crippen LogP contribution in [0.3, 0.4) is 0 Å². The number of ketones is 3. The number of cyclic esters (lactones) is 1. The molecule has 1 aliphatic carbocycles. The summed E-state index contributed by atoms with van der Waals surface area (Å²) in [6.45, 7) is 15.1. The van der Waals surface area contributed by atoms with Crippen LogP contribution in [0, 0.1) is 41.4 Å². The predicted octanol–water partition coefficient (Wildman–Crippen LogP) is 6.66. The summed E-state index contributed by atoms with van der Waals surface area (Å²) in [6.07, 6.45) is 15.0. The summed E-state index contributed by atoms with van der Waals surface area (Å²) in [6, 6.07) is -1.11. The summed E-state index contributed by atoms with van der Waals surface area (Å²) < 4.78 is 29.7. The number of carbonyl (C=O) groups excluding carboxylic acids is 5. The number of hydrogen-bond acceptors (Lipinski definition) is 15. The van der Waals surface area contributed by atoms with Crippen molar-refractivity contribution in [1.82, 2.24) is 25.5 Å². The first-order chi connectivity index (χ1) is 33.2. The van der Waals surface area contributed by atoms with Crippen molar-refractivity contribution in [3.63, 3.8) is 0 Å². The number of H-pyrrole nitrogens is 1. The first kappa shape index (κ1) is 58.3. The number of aromatic amines is 1. The van der Waals surface area contributed by atoms with E-state index >= 15 is 0 Å². The minimum atomic E-state index is -2.41. The van der Waals surface area contributed by atoms with E-state index in [1.165, 1.54) is 18.3 Å². The summed E-state index contributed by atoms with van der Waals surface area (Å²) in [5, 5.41) is 35.6. The highest BCUT2D eigenvalue weighted by atomic mass is 16.6. The van der Waals surface area contributed by atoms with Crippen LogP contribution in [0.5, 0.6) is 0 Å². The molecule has 1 aromatic heterocycles. The zero-order chi connectivity index (χ0) is 51.7. The maximum atomic E-state index is 14.4. The van der Waals surface area contributed by atoms with Crippen molar-refractivity contribution >= 4 is 29.2 Å². The van der Waals surface area contributed by atoms with Gasteiger partial charge >= 0.3 is 5.97 Å². The molecule has 3 fully saturated rings. The number of carbonyl (C=O) groups is 5. The van der Waals surface area contributed by atoms with Crippen molar-refractivity contribution in [2.24, 2.45) is 41.4 Å². The predicted molar refractivity (Wildman–Crippen MR) is 262 cm³/mol. The molecule has 392 valence electrons. The largest absolute Gasteiger partial charge is 0.460 e. The quantitative estimate of drug-likeness (QED) is 0.154. The molecule has 0 radical (unpaired) electrons. The fourth-order valence-electron chi connectivity index (χ4n) is 10.5. The highest BCUT2D eigenvalue weighted by Crippen LogP contribution is 2.38. The van der Waals surface area contributed by atoms with E-state index in [0.717, 1.165) is 24.8 Å². The van der Waals surface area contributed by atoms with Crippen LogP contribution in [0.25, 0.3) is 0 Å². The third kappa shape index (κ3) is 16.1. The van der Waals surface area contributed by atoms with Gasteiger partial charge in [-0.1, -0.05) is 83.2 Å². The summed E-state index contributed by atoms with van der Waals surface area (Å²) in [4.78, 5) is 71.9. The van der Waals surface area contributed by atoms with Crippen LogP contribution in [-0.4, -0.2) is 141 Å². The number of rotatable bonds is 6. The lowest BCUT2D eigenvalue weighted by molar-refractivity contribution is -0.265. The SMILES string of the molecule is CO[C@H]1C[C@@H]2CC[C@@H](C)[C@@](O)(O2)C(=O)C(=O)N2CCCC[C@H]2C(=O)O[C@H]([C@H](C)C[C@@H]2CCC(C)[C@H](OC)C2)CC(=O)[C@H](C)/C=C(\C)[C@@H](O)[C@@H](OC)C(=O)[C@@H](C)CC(C)/C=C/C=CC=C1C.c1nn[nH]n1. The molecule has 17 heteroatoms. The topological polar surface area (TPSA) is 230 Å². The van der Waals surface area contributed by atoms with Crippen molar-refractivity contribution in [1.29, 1.82) is 0 Å². The van der Waals surface area contributed by atoms with Gasteiger partial charge in [0.1, 0.15) is 30.1 Å². The number of hydrogen-bond donors (Lipinski definition) is 3. The molecule has 3 aliphatic heterocycles. The van der Waals surface area contributed by atoms with Gasteiger partial charge in [-0.25, -0.2) is 4.79 Å². The highest BCUT2D eigenvalue weighted by Gasteiger charge is 2.53. The number of esters is 1. The lowest BCUT2D eigenvalue weighted by atomic mass is 9.76. The van der Waals surface area contributed by atoms with Crippen LogP contribution in [0.4, 0.5) is 0 Å². The average Bonchev–Trinajstić information content (AvgIpc) is 3.94. The second-order valence-corrected chi connectivity index (χ2v) is 20.6. The number of aliphatic hydroxyl groups excluding tert-OH is 1. The Morgan fingerprint density at radius 1 is 0.886 bits per heavy atom. The third-order valence-electron chi connectivity index (χ3n) is 15.1. The third-order valence-corrected chi connectivity index (χ3v) is 15.1. The van der Waals surface area contributed by atoms with Gasteiger partial charge < -0.3 is 38.8 Å². The zero-order valence-corrected chi connectivity index (χ0v) is 43.6. The number of fused-ring (bicyclic) bond motifs is 3. The number of aliphatic hydroxyl groups is 2. The molecule has 4 aliphatic rings. The fourth-order valence-corrected chi connectivity index (χ4v) is 10.5. The Labute approximate surface area is 415 Å². The molecule has 70 heavy (non-hydrogen) atoms. The molecule has 3 N–H and O–H groups in total. The summed E-state index contributed by atoms with van der Waals surface area (Å²) in [5.41, 5.74) is 1.30. The number of methoxy groups -OCH3 is 3. The Balaban J connectivity index is 0.00000200. The monoisotopic (exact) mass is 982 g/mol. The molecule has 0 spiro atoms. The van der Waals surface area contributed by atoms with Crippen LogP contribution >= 0.6 is 0 Å². The molecule has 2 bridgehead atoms. The van der Waals surface area contributed by atoms with Crippen LogP contribution < -0.4 is 0 Å². The first-order valence-electron chi connectivity index (χ1n) is 25.4. The number of nitrogens with zero attached hydrogens (tertiary/aromatic N) is 4. The van der Waals surface area contributed by atoms with E-state index in [9.17, 15) is 34.2 Å². The van der Waals surface area contributed by atoms with Gasteiger partial charge in [-0.2, -0.15) is 5.21 Å². The number of tetrazole rings is 1. The van der Waals surface area contributed by atoms with Gasteiger partial charge in [0.2, 0.25) is 5.79 Å². The lowest BCUT2D eigenvalue weighted by Gasteiger charge is -2.42. The van der Waals surface area contributed by atoms with E-state index in [1.807, 2.05) is 58.1 Å². The van der Waals surface area contributed by atoms with E-state index in [2.05, 4.69) is 27.5 Å². The molecule has 1 amide bonds. The number of piperidine rings is 1. The van der Waals surface area contributed by atoms with Gasteiger partial charge in [-0.3, -0.25) is 19.2 Å². The Morgan fingerprint density at radius 3 is 2.27 bits per heavy atom. The van der Waals surface area contributed by atoms with Crippen LogP contribution in [0.15, 0.2) is 53.9 Å². The minimum Gasteiger partial charge on any atom is -0.460 e. The smallest absolute Gasteiger partial charge is 0.329 e. The number of allylic oxidation sites excluding steroid dienone is 6. The molecule has 17 nitrogen and oxygen atoms in total. The molecule has 1 aromatic rings. The molecule has 2 unspecified atom stereocenters. The van der Waals surface area contributed by atoms with Crippen molar-refractivity contribution in [3.05, 3.63) is 53.9 Å².